The van der Waals surface area contributed by atoms with E-state index in [4.69, 9.17) is 0 Å². The van der Waals surface area contributed by atoms with Crippen molar-refractivity contribution in [2.24, 2.45) is 0 Å². The smallest absolute Gasteiger partial charge is 0.347 e. The van der Waals surface area contributed by atoms with Crippen molar-refractivity contribution in [3.05, 3.63) is 65.5 Å². The van der Waals surface area contributed by atoms with Gasteiger partial charge in [0.15, 0.2) is 0 Å². The Morgan fingerprint density at radius 3 is 2.24 bits per heavy atom. The lowest BCUT2D eigenvalue weighted by atomic mass is 10.1. The summed E-state index contributed by atoms with van der Waals surface area (Å²) in [6.07, 6.45) is -4.52. The summed E-state index contributed by atoms with van der Waals surface area (Å²) in [6.45, 7) is -0.0336. The molecule has 0 aliphatic heterocycles. The Morgan fingerprint density at radius 2 is 1.56 bits per heavy atom. The van der Waals surface area contributed by atoms with Crippen LogP contribution in [0.15, 0.2) is 48.5 Å². The van der Waals surface area contributed by atoms with Gasteiger partial charge in [-0.05, 0) is 30.2 Å². The van der Waals surface area contributed by atoms with Gasteiger partial charge in [-0.1, -0.05) is 30.3 Å². The molecule has 0 heterocycles. The Balaban J connectivity index is 1.93. The third-order valence-corrected chi connectivity index (χ3v) is 3.32. The molecule has 0 bridgehead atoms. The quantitative estimate of drug-likeness (QED) is 0.655. The normalized spacial score (nSPS) is 11.0. The first-order chi connectivity index (χ1) is 11.8. The summed E-state index contributed by atoms with van der Waals surface area (Å²) in [4.78, 5) is 23.4. The van der Waals surface area contributed by atoms with Crippen LogP contribution < -0.4 is 10.6 Å². The number of alkyl halides is 3. The van der Waals surface area contributed by atoms with Crippen LogP contribution in [0.3, 0.4) is 0 Å². The van der Waals surface area contributed by atoms with E-state index in [1.165, 1.54) is 30.3 Å². The van der Waals surface area contributed by atoms with E-state index < -0.39 is 35.1 Å². The van der Waals surface area contributed by atoms with E-state index in [-0.39, 0.29) is 13.0 Å². The Bertz CT molecular complexity index is 775. The molecular formula is C17H14F4N2O2. The number of rotatable bonds is 4. The van der Waals surface area contributed by atoms with Crippen LogP contribution in [0.4, 0.5) is 23.2 Å². The molecule has 4 nitrogen and oxygen atoms in total. The van der Waals surface area contributed by atoms with Gasteiger partial charge in [-0.15, -0.1) is 0 Å². The first-order valence-corrected chi connectivity index (χ1v) is 7.28. The van der Waals surface area contributed by atoms with Gasteiger partial charge < -0.3 is 10.6 Å². The van der Waals surface area contributed by atoms with Crippen molar-refractivity contribution < 1.29 is 27.2 Å². The van der Waals surface area contributed by atoms with E-state index in [0.29, 0.717) is 5.56 Å². The zero-order valence-electron chi connectivity index (χ0n) is 12.9. The topological polar surface area (TPSA) is 58.2 Å². The third kappa shape index (κ3) is 5.03. The summed E-state index contributed by atoms with van der Waals surface area (Å²) in [5, 5.41) is 4.17. The molecule has 0 spiro atoms. The molecular weight excluding hydrogens is 340 g/mol. The average molecular weight is 354 g/mol. The highest BCUT2D eigenvalue weighted by molar-refractivity contribution is 6.39. The number of benzene rings is 2. The van der Waals surface area contributed by atoms with Gasteiger partial charge in [-0.2, -0.15) is 13.2 Å². The van der Waals surface area contributed by atoms with E-state index >= 15 is 0 Å². The molecule has 0 aliphatic rings. The summed E-state index contributed by atoms with van der Waals surface area (Å²) in [5.41, 5.74) is -1.21. The molecule has 0 radical (unpaired) electrons. The van der Waals surface area contributed by atoms with Crippen molar-refractivity contribution in [3.63, 3.8) is 0 Å². The van der Waals surface area contributed by atoms with Gasteiger partial charge in [-0.25, -0.2) is 4.39 Å². The number of amides is 2. The maximum Gasteiger partial charge on any atom is 0.418 e. The van der Waals surface area contributed by atoms with Gasteiger partial charge in [-0.3, -0.25) is 9.59 Å². The fraction of sp³-hybridized carbons (Fsp3) is 0.176. The Labute approximate surface area is 140 Å². The number of hydrogen-bond donors (Lipinski definition) is 2. The molecule has 0 unspecified atom stereocenters. The lowest BCUT2D eigenvalue weighted by Gasteiger charge is -2.13. The highest BCUT2D eigenvalue weighted by Crippen LogP contribution is 2.34. The fourth-order valence-corrected chi connectivity index (χ4v) is 2.11. The number of hydrogen-bond acceptors (Lipinski definition) is 2. The van der Waals surface area contributed by atoms with Crippen LogP contribution >= 0.6 is 0 Å². The van der Waals surface area contributed by atoms with E-state index in [1.807, 2.05) is 5.32 Å². The molecule has 25 heavy (non-hydrogen) atoms. The lowest BCUT2D eigenvalue weighted by molar-refractivity contribution is -0.138. The minimum atomic E-state index is -4.66. The highest BCUT2D eigenvalue weighted by Gasteiger charge is 2.33. The summed E-state index contributed by atoms with van der Waals surface area (Å²) in [5.74, 6) is -2.78. The number of nitrogens with one attached hydrogen (secondary N) is 2. The zero-order chi connectivity index (χ0) is 18.4. The first kappa shape index (κ1) is 18.4. The first-order valence-electron chi connectivity index (χ1n) is 7.28. The molecule has 0 aromatic heterocycles. The molecule has 8 heteroatoms. The van der Waals surface area contributed by atoms with E-state index in [2.05, 4.69) is 5.32 Å². The monoisotopic (exact) mass is 354 g/mol. The highest BCUT2D eigenvalue weighted by atomic mass is 19.4. The molecule has 132 valence electrons. The Morgan fingerprint density at radius 1 is 0.920 bits per heavy atom. The standard InChI is InChI=1S/C17H14F4N2O2/c18-13-7-3-1-5-11(13)9-10-22-15(24)16(25)23-14-8-4-2-6-12(14)17(19,20)21/h1-8H,9-10H2,(H,22,24)(H,23,25). The largest absolute Gasteiger partial charge is 0.418 e. The second-order valence-corrected chi connectivity index (χ2v) is 5.09. The zero-order valence-corrected chi connectivity index (χ0v) is 12.9. The van der Waals surface area contributed by atoms with Crippen LogP contribution in [-0.4, -0.2) is 18.4 Å². The van der Waals surface area contributed by atoms with Gasteiger partial charge >= 0.3 is 18.0 Å². The van der Waals surface area contributed by atoms with Gasteiger partial charge in [0.05, 0.1) is 11.3 Å². The van der Waals surface area contributed by atoms with Crippen molar-refractivity contribution >= 4 is 17.5 Å². The number of para-hydroxylation sites is 1. The van der Waals surface area contributed by atoms with Crippen molar-refractivity contribution in [2.45, 2.75) is 12.6 Å². The summed E-state index contributed by atoms with van der Waals surface area (Å²) in [7, 11) is 0. The molecule has 0 aliphatic carbocycles. The van der Waals surface area contributed by atoms with Crippen molar-refractivity contribution in [1.82, 2.24) is 5.32 Å². The van der Waals surface area contributed by atoms with Crippen LogP contribution in [0.2, 0.25) is 0 Å². The van der Waals surface area contributed by atoms with Crippen molar-refractivity contribution in [2.75, 3.05) is 11.9 Å². The Hall–Kier alpha value is -2.90. The van der Waals surface area contributed by atoms with E-state index in [1.54, 1.807) is 6.07 Å². The molecule has 2 aromatic carbocycles. The second kappa shape index (κ2) is 7.78. The molecule has 2 rings (SSSR count). The molecule has 0 fully saturated rings. The maximum atomic E-state index is 13.4. The number of anilines is 1. The summed E-state index contributed by atoms with van der Waals surface area (Å²) >= 11 is 0. The molecule has 0 saturated heterocycles. The Kier molecular flexibility index (Phi) is 5.74. The van der Waals surface area contributed by atoms with Crippen LogP contribution in [0, 0.1) is 5.82 Å². The summed E-state index contributed by atoms with van der Waals surface area (Å²) in [6, 6.07) is 10.3. The second-order valence-electron chi connectivity index (χ2n) is 5.09. The van der Waals surface area contributed by atoms with Crippen molar-refractivity contribution in [3.8, 4) is 0 Å². The molecule has 2 N–H and O–H groups in total. The number of halogens is 4. The van der Waals surface area contributed by atoms with Crippen LogP contribution in [0.1, 0.15) is 11.1 Å². The van der Waals surface area contributed by atoms with Crippen LogP contribution in [0.25, 0.3) is 0 Å². The predicted octanol–water partition coefficient (Wildman–Crippen LogP) is 3.14. The molecule has 2 amide bonds. The van der Waals surface area contributed by atoms with Gasteiger partial charge in [0.25, 0.3) is 0 Å². The lowest BCUT2D eigenvalue weighted by Crippen LogP contribution is -2.37. The number of carbonyl (C=O) groups is 2. The minimum Gasteiger partial charge on any atom is -0.347 e. The minimum absolute atomic E-state index is 0.0336. The summed E-state index contributed by atoms with van der Waals surface area (Å²) < 4.78 is 51.9. The molecule has 2 aromatic rings. The van der Waals surface area contributed by atoms with Gasteiger partial charge in [0.1, 0.15) is 5.82 Å². The van der Waals surface area contributed by atoms with Gasteiger partial charge in [0.2, 0.25) is 0 Å². The van der Waals surface area contributed by atoms with E-state index in [9.17, 15) is 27.2 Å². The average Bonchev–Trinajstić information content (AvgIpc) is 2.56. The van der Waals surface area contributed by atoms with Crippen molar-refractivity contribution in [1.29, 1.82) is 0 Å². The van der Waals surface area contributed by atoms with Crippen LogP contribution in [-0.2, 0) is 22.2 Å². The number of carbonyl (C=O) groups excluding carboxylic acids is 2. The van der Waals surface area contributed by atoms with Gasteiger partial charge in [0, 0.05) is 6.54 Å². The van der Waals surface area contributed by atoms with E-state index in [0.717, 1.165) is 12.1 Å². The predicted molar refractivity (Wildman–Crippen MR) is 83.2 cm³/mol. The third-order valence-electron chi connectivity index (χ3n) is 3.32. The van der Waals surface area contributed by atoms with Crippen LogP contribution in [0.5, 0.6) is 0 Å². The SMILES string of the molecule is O=C(NCCc1ccccc1F)C(=O)Nc1ccccc1C(F)(F)F. The molecule has 0 saturated carbocycles. The fourth-order valence-electron chi connectivity index (χ4n) is 2.11. The molecule has 0 atom stereocenters. The maximum absolute atomic E-state index is 13.4.